The van der Waals surface area contributed by atoms with Crippen LogP contribution in [-0.4, -0.2) is 34.7 Å². The van der Waals surface area contributed by atoms with Gasteiger partial charge in [0.05, 0.1) is 0 Å². The molecule has 3 aliphatic rings. The molecule has 1 aliphatic heterocycles. The molecule has 5 rings (SSSR count). The predicted octanol–water partition coefficient (Wildman–Crippen LogP) is 5.61. The van der Waals surface area contributed by atoms with Gasteiger partial charge in [-0.25, -0.2) is 4.79 Å². The lowest BCUT2D eigenvalue weighted by Gasteiger charge is -2.36. The lowest BCUT2D eigenvalue weighted by Crippen LogP contribution is -2.47. The number of piperidine rings is 1. The lowest BCUT2D eigenvalue weighted by molar-refractivity contribution is -0.182. The van der Waals surface area contributed by atoms with Gasteiger partial charge in [-0.1, -0.05) is 86.3 Å². The van der Waals surface area contributed by atoms with Crippen LogP contribution in [0.4, 0.5) is 0 Å². The zero-order valence-corrected chi connectivity index (χ0v) is 19.7. The average Bonchev–Trinajstić information content (AvgIpc) is 3.26. The van der Waals surface area contributed by atoms with E-state index >= 15 is 0 Å². The van der Waals surface area contributed by atoms with Crippen molar-refractivity contribution in [3.8, 4) is 0 Å². The van der Waals surface area contributed by atoms with Crippen molar-refractivity contribution in [3.05, 3.63) is 71.8 Å². The van der Waals surface area contributed by atoms with Gasteiger partial charge < -0.3 is 9.84 Å². The highest BCUT2D eigenvalue weighted by atomic mass is 16.6. The van der Waals surface area contributed by atoms with E-state index < -0.39 is 11.6 Å². The largest absolute Gasteiger partial charge is 0.458 e. The second-order valence-electron chi connectivity index (χ2n) is 10.4. The summed E-state index contributed by atoms with van der Waals surface area (Å²) in [5.41, 5.74) is 0.417. The number of aliphatic hydroxyl groups is 1. The van der Waals surface area contributed by atoms with Gasteiger partial charge in [0.2, 0.25) is 0 Å². The van der Waals surface area contributed by atoms with Crippen molar-refractivity contribution < 1.29 is 14.6 Å². The molecular weight excluding hydrogens is 410 g/mol. The summed E-state index contributed by atoms with van der Waals surface area (Å²) in [6.45, 7) is 3.20. The van der Waals surface area contributed by atoms with E-state index in [9.17, 15) is 9.90 Å². The monoisotopic (exact) mass is 447 g/mol. The van der Waals surface area contributed by atoms with E-state index in [1.165, 1.54) is 18.4 Å². The summed E-state index contributed by atoms with van der Waals surface area (Å²) in [6.07, 6.45) is 8.22. The molecule has 1 heterocycles. The van der Waals surface area contributed by atoms with Crippen LogP contribution in [0.2, 0.25) is 0 Å². The molecule has 0 radical (unpaired) electrons. The van der Waals surface area contributed by atoms with E-state index in [1.807, 2.05) is 30.3 Å². The van der Waals surface area contributed by atoms with Gasteiger partial charge in [-0.2, -0.15) is 0 Å². The average molecular weight is 448 g/mol. The van der Waals surface area contributed by atoms with Gasteiger partial charge in [0.25, 0.3) is 0 Å². The minimum absolute atomic E-state index is 0.0895. The number of esters is 1. The molecule has 2 aromatic rings. The van der Waals surface area contributed by atoms with Gasteiger partial charge in [0.15, 0.2) is 5.60 Å². The van der Waals surface area contributed by atoms with Crippen molar-refractivity contribution in [1.82, 2.24) is 4.90 Å². The maximum absolute atomic E-state index is 13.8. The SMILES string of the molecule is C[C@@H](c1ccccc1)N1CC2CCC1C2OC(=O)C(O)(c1ccccc1)C1CCCCCC1. The summed E-state index contributed by atoms with van der Waals surface area (Å²) < 4.78 is 6.30. The first-order valence-electron chi connectivity index (χ1n) is 12.9. The first-order valence-corrected chi connectivity index (χ1v) is 12.9. The first kappa shape index (κ1) is 22.6. The van der Waals surface area contributed by atoms with Gasteiger partial charge in [0, 0.05) is 30.5 Å². The molecule has 1 saturated heterocycles. The van der Waals surface area contributed by atoms with Gasteiger partial charge in [-0.15, -0.1) is 0 Å². The molecule has 33 heavy (non-hydrogen) atoms. The molecule has 2 bridgehead atoms. The number of fused-ring (bicyclic) bond motifs is 2. The third kappa shape index (κ3) is 4.24. The maximum atomic E-state index is 13.8. The lowest BCUT2D eigenvalue weighted by atomic mass is 9.77. The van der Waals surface area contributed by atoms with E-state index in [0.29, 0.717) is 11.5 Å². The summed E-state index contributed by atoms with van der Waals surface area (Å²) >= 11 is 0. The van der Waals surface area contributed by atoms with Crippen LogP contribution >= 0.6 is 0 Å². The van der Waals surface area contributed by atoms with E-state index in [1.54, 1.807) is 0 Å². The highest BCUT2D eigenvalue weighted by Gasteiger charge is 2.54. The van der Waals surface area contributed by atoms with Gasteiger partial charge in [-0.05, 0) is 43.7 Å². The molecule has 5 atom stereocenters. The van der Waals surface area contributed by atoms with Crippen LogP contribution in [0.15, 0.2) is 60.7 Å². The Balaban J connectivity index is 1.37. The van der Waals surface area contributed by atoms with Gasteiger partial charge >= 0.3 is 5.97 Å². The zero-order chi connectivity index (χ0) is 22.8. The number of carbonyl (C=O) groups is 1. The molecule has 4 unspecified atom stereocenters. The Morgan fingerprint density at radius 1 is 0.939 bits per heavy atom. The summed E-state index contributed by atoms with van der Waals surface area (Å²) in [6, 6.07) is 20.6. The molecule has 176 valence electrons. The van der Waals surface area contributed by atoms with E-state index in [4.69, 9.17) is 4.74 Å². The quantitative estimate of drug-likeness (QED) is 0.462. The van der Waals surface area contributed by atoms with Gasteiger partial charge in [0.1, 0.15) is 6.10 Å². The zero-order valence-electron chi connectivity index (χ0n) is 19.7. The van der Waals surface area contributed by atoms with Crippen molar-refractivity contribution >= 4 is 5.97 Å². The Kier molecular flexibility index (Phi) is 6.58. The molecule has 0 amide bonds. The summed E-state index contributed by atoms with van der Waals surface area (Å²) in [5, 5.41) is 12.0. The Morgan fingerprint density at radius 2 is 1.58 bits per heavy atom. The topological polar surface area (TPSA) is 49.8 Å². The van der Waals surface area contributed by atoms with Crippen LogP contribution in [0.1, 0.15) is 75.5 Å². The predicted molar refractivity (Wildman–Crippen MR) is 129 cm³/mol. The highest BCUT2D eigenvalue weighted by Crippen LogP contribution is 2.46. The number of ether oxygens (including phenoxy) is 1. The summed E-state index contributed by atoms with van der Waals surface area (Å²) in [5.74, 6) is -0.177. The minimum Gasteiger partial charge on any atom is -0.458 e. The molecule has 2 aliphatic carbocycles. The molecule has 1 N–H and O–H groups in total. The third-order valence-electron chi connectivity index (χ3n) is 8.54. The van der Waals surface area contributed by atoms with E-state index in [-0.39, 0.29) is 24.1 Å². The summed E-state index contributed by atoms with van der Waals surface area (Å²) in [7, 11) is 0. The number of hydrogen-bond donors (Lipinski definition) is 1. The van der Waals surface area contributed by atoms with Crippen molar-refractivity contribution in [2.24, 2.45) is 11.8 Å². The Labute approximate surface area is 198 Å². The normalized spacial score (nSPS) is 28.7. The van der Waals surface area contributed by atoms with Crippen LogP contribution in [0.5, 0.6) is 0 Å². The maximum Gasteiger partial charge on any atom is 0.343 e. The molecule has 4 nitrogen and oxygen atoms in total. The van der Waals surface area contributed by atoms with Crippen molar-refractivity contribution in [2.45, 2.75) is 82.1 Å². The smallest absolute Gasteiger partial charge is 0.343 e. The number of hydrogen-bond acceptors (Lipinski definition) is 4. The second-order valence-corrected chi connectivity index (χ2v) is 10.4. The van der Waals surface area contributed by atoms with Crippen LogP contribution in [0.25, 0.3) is 0 Å². The number of benzene rings is 2. The molecule has 0 spiro atoms. The van der Waals surface area contributed by atoms with Crippen LogP contribution in [0.3, 0.4) is 0 Å². The Morgan fingerprint density at radius 3 is 2.24 bits per heavy atom. The Bertz CT molecular complexity index is 924. The fraction of sp³-hybridized carbons (Fsp3) is 0.552. The number of carbonyl (C=O) groups excluding carboxylic acids is 1. The van der Waals surface area contributed by atoms with Crippen molar-refractivity contribution in [3.63, 3.8) is 0 Å². The number of likely N-dealkylation sites (tertiary alicyclic amines) is 1. The molecule has 2 saturated carbocycles. The second kappa shape index (κ2) is 9.60. The fourth-order valence-electron chi connectivity index (χ4n) is 6.65. The molecule has 4 heteroatoms. The number of rotatable bonds is 6. The molecule has 0 aromatic heterocycles. The number of nitrogens with zero attached hydrogens (tertiary/aromatic N) is 1. The summed E-state index contributed by atoms with van der Waals surface area (Å²) in [4.78, 5) is 16.3. The van der Waals surface area contributed by atoms with E-state index in [2.05, 4.69) is 42.2 Å². The minimum atomic E-state index is -1.57. The van der Waals surface area contributed by atoms with Crippen LogP contribution in [0, 0.1) is 11.8 Å². The highest BCUT2D eigenvalue weighted by molar-refractivity contribution is 5.82. The molecule has 3 fully saturated rings. The standard InChI is InChI=1S/C29H37NO3/c1-21(22-12-6-4-7-13-22)30-20-23-18-19-26(30)27(23)33-28(31)29(32,25-16-10-5-11-17-25)24-14-8-2-3-9-15-24/h4-7,10-13,16-17,21,23-24,26-27,32H,2-3,8-9,14-15,18-20H2,1H3/t21-,23?,26?,27?,29?/m0/s1. The van der Waals surface area contributed by atoms with Crippen LogP contribution < -0.4 is 0 Å². The molecule has 2 aromatic carbocycles. The molecular formula is C29H37NO3. The first-order chi connectivity index (χ1) is 16.1. The fourth-order valence-corrected chi connectivity index (χ4v) is 6.65. The van der Waals surface area contributed by atoms with Gasteiger partial charge in [-0.3, -0.25) is 4.90 Å². The Hall–Kier alpha value is -2.17. The van der Waals surface area contributed by atoms with E-state index in [0.717, 1.165) is 45.1 Å². The van der Waals surface area contributed by atoms with Crippen molar-refractivity contribution in [2.75, 3.05) is 6.54 Å². The van der Waals surface area contributed by atoms with Crippen LogP contribution in [-0.2, 0) is 15.1 Å². The van der Waals surface area contributed by atoms with Crippen molar-refractivity contribution in [1.29, 1.82) is 0 Å². The third-order valence-corrected chi connectivity index (χ3v) is 8.54.